The molecule has 0 radical (unpaired) electrons. The number of nitrogens with two attached hydrogens (primary N) is 1. The van der Waals surface area contributed by atoms with Crippen LogP contribution >= 0.6 is 11.3 Å². The Hall–Kier alpha value is -1.40. The van der Waals surface area contributed by atoms with E-state index in [2.05, 4.69) is 4.98 Å². The molecule has 0 saturated heterocycles. The van der Waals surface area contributed by atoms with Crippen molar-refractivity contribution < 1.29 is 13.2 Å². The molecule has 2 nitrogen and oxygen atoms in total. The Morgan fingerprint density at radius 2 is 1.95 bits per heavy atom. The van der Waals surface area contributed by atoms with Crippen LogP contribution in [0.4, 0.5) is 13.2 Å². The van der Waals surface area contributed by atoms with Crippen LogP contribution in [0.15, 0.2) is 29.6 Å². The Labute approximate surface area is 113 Å². The third-order valence-corrected chi connectivity index (χ3v) is 3.58. The minimum atomic E-state index is -4.36. The Morgan fingerprint density at radius 3 is 2.63 bits per heavy atom. The van der Waals surface area contributed by atoms with Gasteiger partial charge in [0.15, 0.2) is 0 Å². The molecule has 19 heavy (non-hydrogen) atoms. The van der Waals surface area contributed by atoms with Crippen molar-refractivity contribution in [3.05, 3.63) is 40.9 Å². The zero-order chi connectivity index (χ0) is 13.9. The van der Waals surface area contributed by atoms with Crippen molar-refractivity contribution in [1.82, 2.24) is 4.98 Å². The van der Waals surface area contributed by atoms with E-state index in [1.165, 1.54) is 23.5 Å². The highest BCUT2D eigenvalue weighted by atomic mass is 32.1. The predicted molar refractivity (Wildman–Crippen MR) is 69.9 cm³/mol. The SMILES string of the molecule is NCCCc1csc(-c2ccccc2C(F)(F)F)n1. The van der Waals surface area contributed by atoms with Crippen LogP contribution in [-0.2, 0) is 12.6 Å². The number of nitrogens with zero attached hydrogens (tertiary/aromatic N) is 1. The number of alkyl halides is 3. The predicted octanol–water partition coefficient (Wildman–Crippen LogP) is 3.72. The molecule has 1 heterocycles. The number of halogens is 3. The lowest BCUT2D eigenvalue weighted by Gasteiger charge is -2.10. The highest BCUT2D eigenvalue weighted by Crippen LogP contribution is 2.37. The number of thiazole rings is 1. The fourth-order valence-electron chi connectivity index (χ4n) is 1.75. The van der Waals surface area contributed by atoms with E-state index >= 15 is 0 Å². The van der Waals surface area contributed by atoms with Crippen molar-refractivity contribution in [3.8, 4) is 10.6 Å². The summed E-state index contributed by atoms with van der Waals surface area (Å²) in [5.74, 6) is 0. The van der Waals surface area contributed by atoms with Gasteiger partial charge in [-0.05, 0) is 25.5 Å². The highest BCUT2D eigenvalue weighted by molar-refractivity contribution is 7.13. The maximum Gasteiger partial charge on any atom is 0.417 e. The molecule has 2 rings (SSSR count). The molecule has 0 aliphatic heterocycles. The molecular formula is C13H13F3N2S. The maximum absolute atomic E-state index is 12.9. The molecule has 102 valence electrons. The van der Waals surface area contributed by atoms with Gasteiger partial charge in [-0.2, -0.15) is 13.2 Å². The Balaban J connectivity index is 2.34. The largest absolute Gasteiger partial charge is 0.417 e. The van der Waals surface area contributed by atoms with Gasteiger partial charge >= 0.3 is 6.18 Å². The summed E-state index contributed by atoms with van der Waals surface area (Å²) < 4.78 is 38.7. The van der Waals surface area contributed by atoms with E-state index in [0.717, 1.165) is 18.2 Å². The average Bonchev–Trinajstić information content (AvgIpc) is 2.84. The Bertz CT molecular complexity index is 549. The van der Waals surface area contributed by atoms with Crippen molar-refractivity contribution in [3.63, 3.8) is 0 Å². The van der Waals surface area contributed by atoms with Crippen LogP contribution < -0.4 is 5.73 Å². The molecule has 1 aromatic carbocycles. The summed E-state index contributed by atoms with van der Waals surface area (Å²) in [4.78, 5) is 4.26. The number of benzene rings is 1. The molecule has 2 N–H and O–H groups in total. The van der Waals surface area contributed by atoms with Crippen LogP contribution in [0.2, 0.25) is 0 Å². The number of aromatic nitrogens is 1. The first-order valence-electron chi connectivity index (χ1n) is 5.83. The van der Waals surface area contributed by atoms with Gasteiger partial charge in [-0.15, -0.1) is 11.3 Å². The first-order valence-corrected chi connectivity index (χ1v) is 6.71. The summed E-state index contributed by atoms with van der Waals surface area (Å²) in [7, 11) is 0. The minimum Gasteiger partial charge on any atom is -0.330 e. The van der Waals surface area contributed by atoms with Gasteiger partial charge in [0.2, 0.25) is 0 Å². The molecule has 0 unspecified atom stereocenters. The second kappa shape index (κ2) is 5.71. The maximum atomic E-state index is 12.9. The van der Waals surface area contributed by atoms with Crippen LogP contribution in [0.1, 0.15) is 17.7 Å². The monoisotopic (exact) mass is 286 g/mol. The van der Waals surface area contributed by atoms with Gasteiger partial charge in [-0.25, -0.2) is 4.98 Å². The van der Waals surface area contributed by atoms with Crippen molar-refractivity contribution in [2.45, 2.75) is 19.0 Å². The summed E-state index contributed by atoms with van der Waals surface area (Å²) in [6.07, 6.45) is -2.88. The molecule has 0 bridgehead atoms. The first-order chi connectivity index (χ1) is 9.02. The lowest BCUT2D eigenvalue weighted by Crippen LogP contribution is -2.06. The van der Waals surface area contributed by atoms with E-state index in [0.29, 0.717) is 18.0 Å². The number of hydrogen-bond acceptors (Lipinski definition) is 3. The molecule has 0 fully saturated rings. The second-order valence-corrected chi connectivity index (χ2v) is 4.94. The number of hydrogen-bond donors (Lipinski definition) is 1. The normalized spacial score (nSPS) is 11.8. The van der Waals surface area contributed by atoms with E-state index < -0.39 is 11.7 Å². The van der Waals surface area contributed by atoms with Crippen LogP contribution in [0.25, 0.3) is 10.6 Å². The lowest BCUT2D eigenvalue weighted by molar-refractivity contribution is -0.137. The van der Waals surface area contributed by atoms with Gasteiger partial charge in [-0.3, -0.25) is 0 Å². The Morgan fingerprint density at radius 1 is 1.21 bits per heavy atom. The fraction of sp³-hybridized carbons (Fsp3) is 0.308. The summed E-state index contributed by atoms with van der Waals surface area (Å²) in [6.45, 7) is 0.548. The molecule has 0 spiro atoms. The van der Waals surface area contributed by atoms with Gasteiger partial charge in [0.25, 0.3) is 0 Å². The van der Waals surface area contributed by atoms with Crippen molar-refractivity contribution in [2.75, 3.05) is 6.54 Å². The molecule has 2 aromatic rings. The third kappa shape index (κ3) is 3.33. The highest BCUT2D eigenvalue weighted by Gasteiger charge is 2.33. The average molecular weight is 286 g/mol. The van der Waals surface area contributed by atoms with Gasteiger partial charge in [0.05, 0.1) is 11.3 Å². The van der Waals surface area contributed by atoms with Crippen LogP contribution in [0, 0.1) is 0 Å². The summed E-state index contributed by atoms with van der Waals surface area (Å²) in [5, 5.41) is 2.19. The van der Waals surface area contributed by atoms with E-state index in [9.17, 15) is 13.2 Å². The molecule has 6 heteroatoms. The van der Waals surface area contributed by atoms with Crippen LogP contribution in [0.5, 0.6) is 0 Å². The van der Waals surface area contributed by atoms with Crippen molar-refractivity contribution in [1.29, 1.82) is 0 Å². The molecule has 1 aromatic heterocycles. The first kappa shape index (κ1) is 14.0. The molecule has 0 atom stereocenters. The molecule has 0 amide bonds. The molecule has 0 aliphatic rings. The molecule has 0 saturated carbocycles. The summed E-state index contributed by atoms with van der Waals surface area (Å²) >= 11 is 1.23. The zero-order valence-electron chi connectivity index (χ0n) is 10.1. The van der Waals surface area contributed by atoms with Crippen molar-refractivity contribution in [2.24, 2.45) is 5.73 Å². The number of aryl methyl sites for hydroxylation is 1. The van der Waals surface area contributed by atoms with Gasteiger partial charge < -0.3 is 5.73 Å². The van der Waals surface area contributed by atoms with Gasteiger partial charge in [-0.1, -0.05) is 18.2 Å². The standard InChI is InChI=1S/C13H13F3N2S/c14-13(15,16)11-6-2-1-5-10(11)12-18-9(8-19-12)4-3-7-17/h1-2,5-6,8H,3-4,7,17H2. The lowest BCUT2D eigenvalue weighted by atomic mass is 10.1. The van der Waals surface area contributed by atoms with E-state index in [-0.39, 0.29) is 5.56 Å². The fourth-order valence-corrected chi connectivity index (χ4v) is 2.64. The molecular weight excluding hydrogens is 273 g/mol. The van der Waals surface area contributed by atoms with E-state index in [4.69, 9.17) is 5.73 Å². The van der Waals surface area contributed by atoms with Crippen LogP contribution in [-0.4, -0.2) is 11.5 Å². The van der Waals surface area contributed by atoms with E-state index in [1.807, 2.05) is 0 Å². The topological polar surface area (TPSA) is 38.9 Å². The number of rotatable bonds is 4. The van der Waals surface area contributed by atoms with Crippen LogP contribution in [0.3, 0.4) is 0 Å². The summed E-state index contributed by atoms with van der Waals surface area (Å²) in [5.41, 5.74) is 5.69. The third-order valence-electron chi connectivity index (χ3n) is 2.65. The van der Waals surface area contributed by atoms with Gasteiger partial charge in [0.1, 0.15) is 5.01 Å². The second-order valence-electron chi connectivity index (χ2n) is 4.08. The van der Waals surface area contributed by atoms with E-state index in [1.54, 1.807) is 11.4 Å². The van der Waals surface area contributed by atoms with Gasteiger partial charge in [0, 0.05) is 10.9 Å². The van der Waals surface area contributed by atoms with Crippen molar-refractivity contribution >= 4 is 11.3 Å². The molecule has 0 aliphatic carbocycles. The zero-order valence-corrected chi connectivity index (χ0v) is 10.9. The Kier molecular flexibility index (Phi) is 4.21. The quantitative estimate of drug-likeness (QED) is 0.930. The smallest absolute Gasteiger partial charge is 0.330 e. The summed E-state index contributed by atoms with van der Waals surface area (Å²) in [6, 6.07) is 5.51. The minimum absolute atomic E-state index is 0.138.